The second kappa shape index (κ2) is 25.7. The zero-order valence-electron chi connectivity index (χ0n) is 33.0. The molecule has 0 saturated carbocycles. The van der Waals surface area contributed by atoms with Crippen LogP contribution in [0, 0.1) is 45.4 Å². The number of hydrogen-bond donors (Lipinski definition) is 2. The van der Waals surface area contributed by atoms with Gasteiger partial charge in [-0.2, -0.15) is 5.10 Å². The third-order valence-corrected chi connectivity index (χ3v) is 8.54. The Hall–Kier alpha value is -3.76. The fourth-order valence-electron chi connectivity index (χ4n) is 6.10. The molecular weight excluding hydrogens is 1090 g/mol. The van der Waals surface area contributed by atoms with Crippen molar-refractivity contribution in [1.82, 2.24) is 29.5 Å². The molecule has 0 saturated heterocycles. The fraction of sp³-hybridized carbons (Fsp3) is 0.391. The van der Waals surface area contributed by atoms with E-state index in [2.05, 4.69) is 115 Å². The first kappa shape index (κ1) is 56.3. The van der Waals surface area contributed by atoms with Gasteiger partial charge in [-0.05, 0) is 94.5 Å². The van der Waals surface area contributed by atoms with Gasteiger partial charge < -0.3 is 14.8 Å². The van der Waals surface area contributed by atoms with E-state index in [1.807, 2.05) is 12.1 Å². The quantitative estimate of drug-likeness (QED) is 0.147. The van der Waals surface area contributed by atoms with E-state index in [-0.39, 0.29) is 98.2 Å². The number of hydrogen-bond acceptors (Lipinski definition) is 6. The molecule has 2 radical (unpaired) electrons. The van der Waals surface area contributed by atoms with Crippen molar-refractivity contribution in [1.29, 1.82) is 0 Å². The summed E-state index contributed by atoms with van der Waals surface area (Å²) in [5, 5.41) is 34.6. The van der Waals surface area contributed by atoms with Crippen molar-refractivity contribution < 1.29 is 59.2 Å². The Balaban J connectivity index is 0. The van der Waals surface area contributed by atoms with E-state index in [0.29, 0.717) is 12.2 Å². The zero-order chi connectivity index (χ0) is 39.0. The van der Waals surface area contributed by atoms with Crippen LogP contribution in [0.2, 0.25) is 0 Å². The minimum atomic E-state index is -0.375. The summed E-state index contributed by atoms with van der Waals surface area (Å²) in [5.74, 6) is 3.10. The molecule has 0 amide bonds. The maximum Gasteiger partial charge on any atom is 0.168 e. The number of aliphatic hydroxyl groups is 2. The maximum absolute atomic E-state index is 13.2. The predicted octanol–water partition coefficient (Wildman–Crippen LogP) is 11.5. The Morgan fingerprint density at radius 2 is 0.931 bits per heavy atom. The molecule has 2 atom stereocenters. The van der Waals surface area contributed by atoms with E-state index in [4.69, 9.17) is 10.2 Å². The molecule has 2 heterocycles. The average molecular weight is 1150 g/mol. The Labute approximate surface area is 373 Å². The number of aromatic nitrogens is 6. The van der Waals surface area contributed by atoms with Crippen LogP contribution in [-0.2, 0) is 40.2 Å². The molecule has 0 aliphatic heterocycles. The number of para-hydroxylation sites is 2. The van der Waals surface area contributed by atoms with Crippen molar-refractivity contribution >= 4 is 0 Å². The minimum absolute atomic E-state index is 0. The monoisotopic (exact) mass is 1160 g/mol. The summed E-state index contributed by atoms with van der Waals surface area (Å²) in [6.07, 6.45) is -0.278. The van der Waals surface area contributed by atoms with E-state index in [1.54, 1.807) is 32.0 Å². The van der Waals surface area contributed by atoms with Crippen LogP contribution in [0.25, 0.3) is 34.2 Å². The van der Waals surface area contributed by atoms with Gasteiger partial charge in [0, 0.05) is 69.1 Å². The number of aryl methyl sites for hydroxylation is 4. The van der Waals surface area contributed by atoms with Crippen molar-refractivity contribution in [3.8, 4) is 34.2 Å². The van der Waals surface area contributed by atoms with Gasteiger partial charge in [-0.3, -0.25) is 8.96 Å². The van der Waals surface area contributed by atoms with Crippen molar-refractivity contribution in [2.45, 2.75) is 122 Å². The normalized spacial score (nSPS) is 11.2. The van der Waals surface area contributed by atoms with E-state index < -0.39 is 0 Å². The molecule has 0 aliphatic carbocycles. The van der Waals surface area contributed by atoms with Crippen LogP contribution in [-0.4, -0.2) is 51.9 Å². The van der Waals surface area contributed by atoms with E-state index >= 15 is 0 Å². The molecule has 58 heavy (non-hydrogen) atoms. The first-order valence-electron chi connectivity index (χ1n) is 17.9. The van der Waals surface area contributed by atoms with Gasteiger partial charge in [-0.1, -0.05) is 86.4 Å². The van der Waals surface area contributed by atoms with Crippen molar-refractivity contribution in [2.75, 3.05) is 0 Å². The molecule has 2 aromatic heterocycles. The van der Waals surface area contributed by atoms with E-state index in [1.165, 1.54) is 24.3 Å². The number of benzene rings is 4. The SMILES string of the molecule is C.C.C.CC(O)CC(C)O.Cc1cccc(C)c1-n1c(-c2[c-]cc(F)cc2)nnc1C(C)C.Cc1cccc(C)c1-n1c(-c2ccc(F)cc2)nnc1C(C)C.[Ir].[Ir]. The van der Waals surface area contributed by atoms with E-state index in [9.17, 15) is 8.78 Å². The molecule has 322 valence electrons. The Bertz CT molecular complexity index is 1910. The molecule has 6 rings (SSSR count). The van der Waals surface area contributed by atoms with Gasteiger partial charge in [-0.25, -0.2) is 4.39 Å². The molecule has 0 spiro atoms. The molecule has 0 fully saturated rings. The minimum Gasteiger partial charge on any atom is -0.393 e. The Morgan fingerprint density at radius 3 is 1.28 bits per heavy atom. The summed E-state index contributed by atoms with van der Waals surface area (Å²) in [7, 11) is 0. The zero-order valence-corrected chi connectivity index (χ0v) is 37.8. The number of rotatable bonds is 8. The third-order valence-electron chi connectivity index (χ3n) is 8.54. The van der Waals surface area contributed by atoms with Crippen LogP contribution in [0.15, 0.2) is 78.9 Å². The topological polar surface area (TPSA) is 102 Å². The summed E-state index contributed by atoms with van der Waals surface area (Å²) in [4.78, 5) is 0. The second-order valence-corrected chi connectivity index (χ2v) is 14.1. The van der Waals surface area contributed by atoms with Crippen molar-refractivity contribution in [2.24, 2.45) is 0 Å². The molecule has 12 heteroatoms. The van der Waals surface area contributed by atoms with Crippen LogP contribution in [0.4, 0.5) is 8.78 Å². The smallest absolute Gasteiger partial charge is 0.168 e. The van der Waals surface area contributed by atoms with Crippen molar-refractivity contribution in [3.63, 3.8) is 0 Å². The molecule has 0 bridgehead atoms. The van der Waals surface area contributed by atoms with E-state index in [0.717, 1.165) is 62.2 Å². The van der Waals surface area contributed by atoms with Gasteiger partial charge in [0.1, 0.15) is 17.5 Å². The largest absolute Gasteiger partial charge is 0.393 e. The van der Waals surface area contributed by atoms with Gasteiger partial charge >= 0.3 is 0 Å². The summed E-state index contributed by atoms with van der Waals surface area (Å²) in [6, 6.07) is 26.2. The summed E-state index contributed by atoms with van der Waals surface area (Å²) < 4.78 is 30.6. The first-order chi connectivity index (χ1) is 25.1. The first-order valence-corrected chi connectivity index (χ1v) is 17.9. The molecule has 2 unspecified atom stereocenters. The third kappa shape index (κ3) is 14.2. The number of halogens is 2. The van der Waals surface area contributed by atoms with Gasteiger partial charge in [0.25, 0.3) is 0 Å². The maximum atomic E-state index is 13.2. The van der Waals surface area contributed by atoms with Gasteiger partial charge in [0.15, 0.2) is 5.82 Å². The Morgan fingerprint density at radius 1 is 0.552 bits per heavy atom. The van der Waals surface area contributed by atoms with Crippen LogP contribution < -0.4 is 0 Å². The summed E-state index contributed by atoms with van der Waals surface area (Å²) in [6.45, 7) is 20.0. The predicted molar refractivity (Wildman–Crippen MR) is 228 cm³/mol. The Kier molecular flexibility index (Phi) is 24.9. The van der Waals surface area contributed by atoms with Crippen LogP contribution >= 0.6 is 0 Å². The van der Waals surface area contributed by atoms with Crippen LogP contribution in [0.3, 0.4) is 0 Å². The second-order valence-electron chi connectivity index (χ2n) is 14.1. The number of aliphatic hydroxyl groups excluding tert-OH is 2. The fourth-order valence-corrected chi connectivity index (χ4v) is 6.10. The molecule has 4 aromatic carbocycles. The molecule has 0 aliphatic rings. The average Bonchev–Trinajstić information content (AvgIpc) is 3.71. The van der Waals surface area contributed by atoms with Crippen LogP contribution in [0.1, 0.15) is 116 Å². The van der Waals surface area contributed by atoms with Gasteiger partial charge in [0.2, 0.25) is 0 Å². The van der Waals surface area contributed by atoms with Gasteiger partial charge in [-0.15, -0.1) is 45.1 Å². The summed E-state index contributed by atoms with van der Waals surface area (Å²) >= 11 is 0. The molecule has 8 nitrogen and oxygen atoms in total. The molecular formula is C46H63F2Ir2N6O2-. The standard InChI is InChI=1S/C19H20FN3.C19H19FN3.C5H12O2.3CH4.2Ir/c2*1-12(2)18-21-22-19(15-8-10-16(20)11-9-15)23(18)17-13(3)6-5-7-14(17)4;1-4(6)3-5(2)7;;;;;/h5-12H,1-4H3;5-8,10-12H,1-4H3;4-7H,3H2,1-2H3;3*1H4;;/q;-1;;;;;;. The van der Waals surface area contributed by atoms with Crippen LogP contribution in [0.5, 0.6) is 0 Å². The number of nitrogens with zero attached hydrogens (tertiary/aromatic N) is 6. The molecule has 6 aromatic rings. The summed E-state index contributed by atoms with van der Waals surface area (Å²) in [5.41, 5.74) is 8.38. The molecule has 2 N–H and O–H groups in total. The van der Waals surface area contributed by atoms with Crippen molar-refractivity contribution in [3.05, 3.63) is 130 Å². The van der Waals surface area contributed by atoms with Gasteiger partial charge in [0.05, 0.1) is 23.7 Å².